The van der Waals surface area contributed by atoms with Gasteiger partial charge in [-0.3, -0.25) is 9.10 Å². The average Bonchev–Trinajstić information content (AvgIpc) is 2.72. The number of nitrogens with zero attached hydrogens (tertiary/aromatic N) is 1. The summed E-state index contributed by atoms with van der Waals surface area (Å²) in [6.07, 6.45) is 1.66. The van der Waals surface area contributed by atoms with Gasteiger partial charge in [0.05, 0.1) is 17.2 Å². The van der Waals surface area contributed by atoms with Crippen molar-refractivity contribution in [3.8, 4) is 5.75 Å². The van der Waals surface area contributed by atoms with Crippen molar-refractivity contribution >= 4 is 21.6 Å². The number of rotatable bonds is 8. The highest BCUT2D eigenvalue weighted by Crippen LogP contribution is 2.33. The van der Waals surface area contributed by atoms with Gasteiger partial charge in [-0.1, -0.05) is 18.2 Å². The lowest BCUT2D eigenvalue weighted by molar-refractivity contribution is -0.124. The summed E-state index contributed by atoms with van der Waals surface area (Å²) in [7, 11) is -2.11. The molecule has 0 unspecified atom stereocenters. The minimum Gasteiger partial charge on any atom is -0.484 e. The number of methoxy groups -OCH3 is 1. The standard InChI is InChI=1S/C22H28N2O5S/c1-16-13-19(10-11-21(16)29-15-22(25)23-17(2)14-28-3)30(26,27)24-12-6-8-18-7-4-5-9-20(18)24/h4-5,7,9-11,13,17H,6,8,12,14-15H2,1-3H3,(H,23,25)/t17-/m0/s1. The third-order valence-electron chi connectivity index (χ3n) is 4.98. The van der Waals surface area contributed by atoms with Crippen LogP contribution in [0.15, 0.2) is 47.4 Å². The molecule has 0 saturated heterocycles. The number of nitrogens with one attached hydrogen (secondary N) is 1. The molecular weight excluding hydrogens is 404 g/mol. The molecule has 0 saturated carbocycles. The number of ether oxygens (including phenoxy) is 2. The third kappa shape index (κ3) is 4.94. The molecule has 0 aromatic heterocycles. The maximum absolute atomic E-state index is 13.3. The van der Waals surface area contributed by atoms with Crippen molar-refractivity contribution in [1.29, 1.82) is 0 Å². The Morgan fingerprint density at radius 2 is 2.00 bits per heavy atom. The van der Waals surface area contributed by atoms with Gasteiger partial charge in [0.1, 0.15) is 5.75 Å². The van der Waals surface area contributed by atoms with E-state index in [2.05, 4.69) is 5.32 Å². The Labute approximate surface area is 178 Å². The molecule has 0 spiro atoms. The molecule has 1 amide bonds. The number of anilines is 1. The van der Waals surface area contributed by atoms with E-state index >= 15 is 0 Å². The zero-order chi connectivity index (χ0) is 21.7. The molecule has 1 aliphatic heterocycles. The first-order valence-corrected chi connectivity index (χ1v) is 11.4. The number of benzene rings is 2. The Morgan fingerprint density at radius 1 is 1.23 bits per heavy atom. The third-order valence-corrected chi connectivity index (χ3v) is 6.79. The summed E-state index contributed by atoms with van der Waals surface area (Å²) in [5.74, 6) is 0.211. The molecule has 162 valence electrons. The van der Waals surface area contributed by atoms with E-state index in [1.165, 1.54) is 10.4 Å². The maximum atomic E-state index is 13.3. The van der Waals surface area contributed by atoms with Gasteiger partial charge in [0.2, 0.25) is 0 Å². The quantitative estimate of drug-likeness (QED) is 0.693. The van der Waals surface area contributed by atoms with Crippen molar-refractivity contribution in [2.24, 2.45) is 0 Å². The number of hydrogen-bond acceptors (Lipinski definition) is 5. The van der Waals surface area contributed by atoms with Gasteiger partial charge in [0.15, 0.2) is 6.61 Å². The molecular formula is C22H28N2O5S. The summed E-state index contributed by atoms with van der Waals surface area (Å²) in [5.41, 5.74) is 2.43. The Kier molecular flexibility index (Phi) is 6.99. The highest BCUT2D eigenvalue weighted by atomic mass is 32.2. The number of carbonyl (C=O) groups excluding carboxylic acids is 1. The minimum absolute atomic E-state index is 0.118. The van der Waals surface area contributed by atoms with Gasteiger partial charge >= 0.3 is 0 Å². The van der Waals surface area contributed by atoms with E-state index in [1.54, 1.807) is 26.2 Å². The number of aryl methyl sites for hydroxylation is 2. The van der Waals surface area contributed by atoms with Gasteiger partial charge in [0, 0.05) is 19.7 Å². The van der Waals surface area contributed by atoms with Crippen LogP contribution in [0.1, 0.15) is 24.5 Å². The molecule has 30 heavy (non-hydrogen) atoms. The number of fused-ring (bicyclic) bond motifs is 1. The predicted octanol–water partition coefficient (Wildman–Crippen LogP) is 2.67. The van der Waals surface area contributed by atoms with Gasteiger partial charge in [-0.15, -0.1) is 0 Å². The highest BCUT2D eigenvalue weighted by molar-refractivity contribution is 7.92. The molecule has 1 heterocycles. The minimum atomic E-state index is -3.68. The van der Waals surface area contributed by atoms with Crippen LogP contribution in [0.25, 0.3) is 0 Å². The van der Waals surface area contributed by atoms with Crippen molar-refractivity contribution in [3.63, 3.8) is 0 Å². The zero-order valence-corrected chi connectivity index (χ0v) is 18.4. The summed E-state index contributed by atoms with van der Waals surface area (Å²) in [6, 6.07) is 12.2. The second-order valence-electron chi connectivity index (χ2n) is 7.45. The monoisotopic (exact) mass is 432 g/mol. The van der Waals surface area contributed by atoms with E-state index in [9.17, 15) is 13.2 Å². The summed E-state index contributed by atoms with van der Waals surface area (Å²) >= 11 is 0. The molecule has 0 radical (unpaired) electrons. The average molecular weight is 433 g/mol. The van der Waals surface area contributed by atoms with E-state index in [1.807, 2.05) is 31.2 Å². The van der Waals surface area contributed by atoms with Crippen molar-refractivity contribution in [3.05, 3.63) is 53.6 Å². The molecule has 2 aromatic rings. The maximum Gasteiger partial charge on any atom is 0.264 e. The Hall–Kier alpha value is -2.58. The number of carbonyl (C=O) groups is 1. The van der Waals surface area contributed by atoms with Crippen LogP contribution in [0, 0.1) is 6.92 Å². The van der Waals surface area contributed by atoms with Crippen LogP contribution < -0.4 is 14.4 Å². The van der Waals surface area contributed by atoms with Crippen LogP contribution in [0.3, 0.4) is 0 Å². The number of amides is 1. The number of hydrogen-bond donors (Lipinski definition) is 1. The van der Waals surface area contributed by atoms with E-state index in [-0.39, 0.29) is 23.5 Å². The van der Waals surface area contributed by atoms with Crippen molar-refractivity contribution in [2.75, 3.05) is 31.2 Å². The van der Waals surface area contributed by atoms with Crippen LogP contribution in [0.4, 0.5) is 5.69 Å². The first kappa shape index (κ1) is 22.1. The fraction of sp³-hybridized carbons (Fsp3) is 0.409. The normalized spacial score (nSPS) is 14.7. The predicted molar refractivity (Wildman–Crippen MR) is 115 cm³/mol. The lowest BCUT2D eigenvalue weighted by Crippen LogP contribution is -2.38. The van der Waals surface area contributed by atoms with Gasteiger partial charge in [-0.25, -0.2) is 8.42 Å². The van der Waals surface area contributed by atoms with Crippen LogP contribution in [-0.2, 0) is 26.0 Å². The molecule has 1 N–H and O–H groups in total. The first-order valence-electron chi connectivity index (χ1n) is 9.95. The fourth-order valence-electron chi connectivity index (χ4n) is 3.57. The van der Waals surface area contributed by atoms with E-state index in [4.69, 9.17) is 9.47 Å². The SMILES string of the molecule is COC[C@H](C)NC(=O)COc1ccc(S(=O)(=O)N2CCCc3ccccc32)cc1C. The van der Waals surface area contributed by atoms with Crippen LogP contribution in [0.2, 0.25) is 0 Å². The van der Waals surface area contributed by atoms with E-state index in [0.717, 1.165) is 24.1 Å². The molecule has 0 bridgehead atoms. The molecule has 0 fully saturated rings. The summed E-state index contributed by atoms with van der Waals surface area (Å²) in [4.78, 5) is 12.2. The van der Waals surface area contributed by atoms with E-state index in [0.29, 0.717) is 24.5 Å². The van der Waals surface area contributed by atoms with Crippen molar-refractivity contribution < 1.29 is 22.7 Å². The molecule has 2 aromatic carbocycles. The van der Waals surface area contributed by atoms with Crippen LogP contribution in [0.5, 0.6) is 5.75 Å². The molecule has 3 rings (SSSR count). The summed E-state index contributed by atoms with van der Waals surface area (Å²) < 4.78 is 38.6. The van der Waals surface area contributed by atoms with Crippen molar-refractivity contribution in [1.82, 2.24) is 5.32 Å². The van der Waals surface area contributed by atoms with Gasteiger partial charge in [0.25, 0.3) is 15.9 Å². The lowest BCUT2D eigenvalue weighted by atomic mass is 10.0. The largest absolute Gasteiger partial charge is 0.484 e. The zero-order valence-electron chi connectivity index (χ0n) is 17.6. The summed E-state index contributed by atoms with van der Waals surface area (Å²) in [5, 5.41) is 2.77. The molecule has 1 aliphatic rings. The van der Waals surface area contributed by atoms with Crippen LogP contribution >= 0.6 is 0 Å². The molecule has 7 nitrogen and oxygen atoms in total. The molecule has 0 aliphatic carbocycles. The second-order valence-corrected chi connectivity index (χ2v) is 9.31. The lowest BCUT2D eigenvalue weighted by Gasteiger charge is -2.30. The number of sulfonamides is 1. The summed E-state index contributed by atoms with van der Waals surface area (Å²) in [6.45, 7) is 4.32. The topological polar surface area (TPSA) is 84.9 Å². The second kappa shape index (κ2) is 9.49. The van der Waals surface area contributed by atoms with Gasteiger partial charge in [-0.05, 0) is 62.1 Å². The van der Waals surface area contributed by atoms with Gasteiger partial charge in [-0.2, -0.15) is 0 Å². The first-order chi connectivity index (χ1) is 14.3. The van der Waals surface area contributed by atoms with E-state index < -0.39 is 10.0 Å². The Morgan fingerprint density at radius 3 is 2.73 bits per heavy atom. The fourth-order valence-corrected chi connectivity index (χ4v) is 5.20. The van der Waals surface area contributed by atoms with Crippen molar-refractivity contribution in [2.45, 2.75) is 37.6 Å². The molecule has 1 atom stereocenters. The Bertz CT molecular complexity index is 1010. The smallest absolute Gasteiger partial charge is 0.264 e. The Balaban J connectivity index is 1.73. The van der Waals surface area contributed by atoms with Crippen LogP contribution in [-0.4, -0.2) is 47.2 Å². The molecule has 8 heteroatoms. The highest BCUT2D eigenvalue weighted by Gasteiger charge is 2.29. The van der Waals surface area contributed by atoms with Gasteiger partial charge < -0.3 is 14.8 Å². The number of para-hydroxylation sites is 1.